The molecule has 0 aromatic heterocycles. The van der Waals surface area contributed by atoms with E-state index in [1.807, 2.05) is 6.92 Å². The molecule has 2 aromatic rings. The van der Waals surface area contributed by atoms with Crippen LogP contribution in [0.15, 0.2) is 46.6 Å². The highest BCUT2D eigenvalue weighted by molar-refractivity contribution is 8.15. The summed E-state index contributed by atoms with van der Waals surface area (Å²) < 4.78 is 0. The number of phenols is 1. The van der Waals surface area contributed by atoms with Crippen molar-refractivity contribution in [2.24, 2.45) is 10.2 Å². The number of benzene rings is 2. The summed E-state index contributed by atoms with van der Waals surface area (Å²) in [5, 5.41) is 21.4. The average molecular weight is 401 g/mol. The minimum Gasteiger partial charge on any atom is -0.508 e. The van der Waals surface area contributed by atoms with Crippen LogP contribution in [0, 0.1) is 6.92 Å². The summed E-state index contributed by atoms with van der Waals surface area (Å²) in [5.74, 6) is -0.194. The summed E-state index contributed by atoms with van der Waals surface area (Å²) >= 11 is 7.33. The van der Waals surface area contributed by atoms with Gasteiger partial charge in [0.1, 0.15) is 5.75 Å². The first-order chi connectivity index (χ1) is 13.0. The van der Waals surface area contributed by atoms with Crippen LogP contribution >= 0.6 is 23.4 Å². The molecule has 2 aliphatic rings. The van der Waals surface area contributed by atoms with Gasteiger partial charge in [0, 0.05) is 10.6 Å². The molecule has 136 valence electrons. The maximum atomic E-state index is 12.3. The van der Waals surface area contributed by atoms with Gasteiger partial charge in [0.25, 0.3) is 5.91 Å². The topological polar surface area (TPSA) is 94.4 Å². The summed E-state index contributed by atoms with van der Waals surface area (Å²) in [7, 11) is 0. The molecule has 0 spiro atoms. The van der Waals surface area contributed by atoms with Gasteiger partial charge in [-0.15, -0.1) is 10.2 Å². The van der Waals surface area contributed by atoms with Crippen LogP contribution in [0.4, 0.5) is 11.4 Å². The van der Waals surface area contributed by atoms with Gasteiger partial charge in [-0.05, 0) is 48.9 Å². The van der Waals surface area contributed by atoms with E-state index in [0.717, 1.165) is 5.56 Å². The van der Waals surface area contributed by atoms with E-state index in [1.165, 1.54) is 28.8 Å². The van der Waals surface area contributed by atoms with E-state index in [9.17, 15) is 14.7 Å². The van der Waals surface area contributed by atoms with Crippen LogP contribution in [0.3, 0.4) is 0 Å². The lowest BCUT2D eigenvalue weighted by molar-refractivity contribution is -0.115. The van der Waals surface area contributed by atoms with E-state index in [0.29, 0.717) is 27.1 Å². The second-order valence-corrected chi connectivity index (χ2v) is 7.26. The number of anilines is 2. The lowest BCUT2D eigenvalue weighted by atomic mass is 10.1. The van der Waals surface area contributed by atoms with Crippen LogP contribution in [0.25, 0.3) is 0 Å². The quantitative estimate of drug-likeness (QED) is 0.757. The van der Waals surface area contributed by atoms with E-state index < -0.39 is 0 Å². The van der Waals surface area contributed by atoms with Crippen molar-refractivity contribution in [3.8, 4) is 5.75 Å². The largest absolute Gasteiger partial charge is 0.508 e. The third-order valence-corrected chi connectivity index (χ3v) is 5.54. The Morgan fingerprint density at radius 3 is 2.63 bits per heavy atom. The maximum Gasteiger partial charge on any atom is 0.276 e. The molecule has 0 saturated carbocycles. The van der Waals surface area contributed by atoms with Crippen LogP contribution in [0.5, 0.6) is 5.75 Å². The number of fused-ring (bicyclic) bond motifs is 1. The highest BCUT2D eigenvalue weighted by Gasteiger charge is 2.31. The molecular formula is C18H13ClN4O3S. The van der Waals surface area contributed by atoms with Gasteiger partial charge in [-0.2, -0.15) is 0 Å². The van der Waals surface area contributed by atoms with Crippen LogP contribution in [-0.4, -0.2) is 33.6 Å². The number of aromatic hydroxyl groups is 1. The molecule has 27 heavy (non-hydrogen) atoms. The van der Waals surface area contributed by atoms with Gasteiger partial charge in [0.2, 0.25) is 5.91 Å². The average Bonchev–Trinajstić information content (AvgIpc) is 3.17. The molecule has 2 aliphatic heterocycles. The van der Waals surface area contributed by atoms with Gasteiger partial charge >= 0.3 is 0 Å². The van der Waals surface area contributed by atoms with Crippen LogP contribution in [0.1, 0.15) is 11.1 Å². The number of thioether (sulfide) groups is 1. The molecular weight excluding hydrogens is 388 g/mol. The van der Waals surface area contributed by atoms with Crippen molar-refractivity contribution < 1.29 is 14.7 Å². The van der Waals surface area contributed by atoms with E-state index in [-0.39, 0.29) is 29.0 Å². The first kappa shape index (κ1) is 17.6. The first-order valence-corrected chi connectivity index (χ1v) is 9.33. The van der Waals surface area contributed by atoms with Gasteiger partial charge in [0.15, 0.2) is 10.9 Å². The Kier molecular flexibility index (Phi) is 4.37. The Morgan fingerprint density at radius 1 is 1.15 bits per heavy atom. The van der Waals surface area contributed by atoms with Crippen LogP contribution < -0.4 is 10.2 Å². The second kappa shape index (κ2) is 6.71. The Labute approximate surface area is 163 Å². The standard InChI is InChI=1S/C18H13ClN4O3S/c1-9-13(19)7-6-12-15(9)20-17(26)16(12)21-22-18-23(14(25)8-27-18)10-2-4-11(24)5-3-10/h2-7,24H,8H2,1H3,(H,20,21,26)/b22-18-. The zero-order chi connectivity index (χ0) is 19.1. The number of amidine groups is 1. The number of rotatable bonds is 2. The lowest BCUT2D eigenvalue weighted by Gasteiger charge is -2.15. The summed E-state index contributed by atoms with van der Waals surface area (Å²) in [5.41, 5.74) is 2.74. The maximum absolute atomic E-state index is 12.3. The van der Waals surface area contributed by atoms with Crippen molar-refractivity contribution in [3.05, 3.63) is 52.5 Å². The molecule has 1 fully saturated rings. The molecule has 0 bridgehead atoms. The SMILES string of the molecule is Cc1c(Cl)ccc2c1NC(=O)/C2=N\N=C1/SCC(=O)N1c1ccc(O)cc1. The van der Waals surface area contributed by atoms with Crippen molar-refractivity contribution in [2.75, 3.05) is 16.0 Å². The Balaban J connectivity index is 1.72. The normalized spacial score (nSPS) is 19.1. The molecule has 2 amide bonds. The summed E-state index contributed by atoms with van der Waals surface area (Å²) in [6.07, 6.45) is 0. The zero-order valence-electron chi connectivity index (χ0n) is 14.1. The van der Waals surface area contributed by atoms with Crippen LogP contribution in [0.2, 0.25) is 5.02 Å². The zero-order valence-corrected chi connectivity index (χ0v) is 15.6. The van der Waals surface area contributed by atoms with Crippen molar-refractivity contribution in [1.29, 1.82) is 0 Å². The molecule has 0 atom stereocenters. The number of nitrogens with one attached hydrogen (secondary N) is 1. The first-order valence-electron chi connectivity index (χ1n) is 7.97. The van der Waals surface area contributed by atoms with Gasteiger partial charge in [0.05, 0.1) is 17.1 Å². The fourth-order valence-corrected chi connectivity index (χ4v) is 3.80. The van der Waals surface area contributed by atoms with E-state index in [4.69, 9.17) is 11.6 Å². The third-order valence-electron chi connectivity index (χ3n) is 4.22. The lowest BCUT2D eigenvalue weighted by Crippen LogP contribution is -2.29. The number of hydrogen-bond acceptors (Lipinski definition) is 6. The predicted octanol–water partition coefficient (Wildman–Crippen LogP) is 3.15. The molecule has 2 heterocycles. The highest BCUT2D eigenvalue weighted by Crippen LogP contribution is 2.33. The minimum atomic E-state index is -0.370. The predicted molar refractivity (Wildman–Crippen MR) is 107 cm³/mol. The molecule has 1 saturated heterocycles. The molecule has 0 radical (unpaired) electrons. The van der Waals surface area contributed by atoms with Gasteiger partial charge in [-0.3, -0.25) is 14.5 Å². The van der Waals surface area contributed by atoms with E-state index >= 15 is 0 Å². The number of hydrogen-bond donors (Lipinski definition) is 2. The summed E-state index contributed by atoms with van der Waals surface area (Å²) in [6, 6.07) is 9.63. The number of nitrogens with zero attached hydrogens (tertiary/aromatic N) is 3. The fraction of sp³-hybridized carbons (Fsp3) is 0.111. The van der Waals surface area contributed by atoms with Crippen molar-refractivity contribution >= 4 is 57.4 Å². The number of halogens is 1. The molecule has 4 rings (SSSR count). The summed E-state index contributed by atoms with van der Waals surface area (Å²) in [4.78, 5) is 25.9. The Bertz CT molecular complexity index is 1030. The highest BCUT2D eigenvalue weighted by atomic mass is 35.5. The fourth-order valence-electron chi connectivity index (χ4n) is 2.82. The molecule has 7 nitrogen and oxygen atoms in total. The molecule has 0 unspecified atom stereocenters. The van der Waals surface area contributed by atoms with E-state index in [1.54, 1.807) is 24.3 Å². The van der Waals surface area contributed by atoms with Gasteiger partial charge in [-0.25, -0.2) is 0 Å². The minimum absolute atomic E-state index is 0.102. The number of amides is 2. The molecule has 2 N–H and O–H groups in total. The van der Waals surface area contributed by atoms with E-state index in [2.05, 4.69) is 15.5 Å². The van der Waals surface area contributed by atoms with Crippen LogP contribution in [-0.2, 0) is 9.59 Å². The monoisotopic (exact) mass is 400 g/mol. The third kappa shape index (κ3) is 3.07. The number of carbonyl (C=O) groups is 2. The molecule has 2 aromatic carbocycles. The Hall–Kier alpha value is -2.84. The molecule has 9 heteroatoms. The van der Waals surface area contributed by atoms with Gasteiger partial charge < -0.3 is 10.4 Å². The molecule has 0 aliphatic carbocycles. The van der Waals surface area contributed by atoms with Crippen molar-refractivity contribution in [2.45, 2.75) is 6.92 Å². The van der Waals surface area contributed by atoms with Crippen molar-refractivity contribution in [3.63, 3.8) is 0 Å². The second-order valence-electron chi connectivity index (χ2n) is 5.91. The Morgan fingerprint density at radius 2 is 1.89 bits per heavy atom. The van der Waals surface area contributed by atoms with Crippen molar-refractivity contribution in [1.82, 2.24) is 0 Å². The number of phenolic OH excluding ortho intramolecular Hbond substituents is 1. The smallest absolute Gasteiger partial charge is 0.276 e. The summed E-state index contributed by atoms with van der Waals surface area (Å²) in [6.45, 7) is 1.81. The van der Waals surface area contributed by atoms with Gasteiger partial charge in [-0.1, -0.05) is 23.4 Å². The number of carbonyl (C=O) groups excluding carboxylic acids is 2.